The molecule has 1 heterocycles. The van der Waals surface area contributed by atoms with Gasteiger partial charge in [-0.1, -0.05) is 6.92 Å². The number of rotatable bonds is 2. The van der Waals surface area contributed by atoms with Gasteiger partial charge in [-0.15, -0.1) is 0 Å². The largest absolute Gasteiger partial charge is 0.312 e. The van der Waals surface area contributed by atoms with Crippen LogP contribution in [-0.4, -0.2) is 37.1 Å². The number of nitrogens with one attached hydrogen (secondary N) is 1. The molecule has 11 heavy (non-hydrogen) atoms. The molecule has 0 aromatic carbocycles. The summed E-state index contributed by atoms with van der Waals surface area (Å²) in [5.74, 6) is 0. The molecule has 0 saturated carbocycles. The highest BCUT2D eigenvalue weighted by Crippen LogP contribution is 2.19. The third-order valence-electron chi connectivity index (χ3n) is 2.69. The van der Waals surface area contributed by atoms with Crippen molar-refractivity contribution < 1.29 is 0 Å². The van der Waals surface area contributed by atoms with E-state index in [2.05, 4.69) is 31.1 Å². The summed E-state index contributed by atoms with van der Waals surface area (Å²) in [6, 6.07) is 0. The number of hydrogen-bond acceptors (Lipinski definition) is 2. The van der Waals surface area contributed by atoms with Gasteiger partial charge in [0.1, 0.15) is 0 Å². The molecule has 0 aromatic heterocycles. The second-order valence-corrected chi connectivity index (χ2v) is 3.89. The highest BCUT2D eigenvalue weighted by Gasteiger charge is 2.26. The molecule has 0 amide bonds. The molecule has 0 aromatic rings. The van der Waals surface area contributed by atoms with E-state index in [0.717, 1.165) is 6.54 Å². The van der Waals surface area contributed by atoms with E-state index < -0.39 is 0 Å². The van der Waals surface area contributed by atoms with Crippen molar-refractivity contribution in [2.75, 3.05) is 26.7 Å². The first kappa shape index (κ1) is 9.01. The average molecular weight is 156 g/mol. The summed E-state index contributed by atoms with van der Waals surface area (Å²) in [6.45, 7) is 8.10. The monoisotopic (exact) mass is 156 g/mol. The van der Waals surface area contributed by atoms with Gasteiger partial charge in [-0.25, -0.2) is 0 Å². The Bertz CT molecular complexity index is 115. The maximum absolute atomic E-state index is 3.55. The normalized spacial score (nSPS) is 25.4. The van der Waals surface area contributed by atoms with Crippen molar-refractivity contribution in [2.24, 2.45) is 0 Å². The van der Waals surface area contributed by atoms with Crippen molar-refractivity contribution in [2.45, 2.75) is 32.2 Å². The smallest absolute Gasteiger partial charge is 0.0177 e. The van der Waals surface area contributed by atoms with E-state index in [1.54, 1.807) is 0 Å². The molecule has 2 nitrogen and oxygen atoms in total. The molecule has 0 aliphatic carbocycles. The molecule has 2 heteroatoms. The zero-order valence-electron chi connectivity index (χ0n) is 7.98. The predicted octanol–water partition coefficient (Wildman–Crippen LogP) is 1.08. The zero-order chi connectivity index (χ0) is 8.32. The Labute approximate surface area is 70.0 Å². The molecule has 0 radical (unpaired) electrons. The molecule has 1 aliphatic rings. The minimum Gasteiger partial charge on any atom is -0.312 e. The van der Waals surface area contributed by atoms with Gasteiger partial charge in [0.15, 0.2) is 0 Å². The molecule has 1 aliphatic heterocycles. The maximum Gasteiger partial charge on any atom is 0.0177 e. The molecule has 1 fully saturated rings. The van der Waals surface area contributed by atoms with Crippen molar-refractivity contribution in [1.82, 2.24) is 10.2 Å². The Morgan fingerprint density at radius 3 is 2.36 bits per heavy atom. The van der Waals surface area contributed by atoms with E-state index in [4.69, 9.17) is 0 Å². The molecule has 66 valence electrons. The van der Waals surface area contributed by atoms with E-state index in [1.165, 1.54) is 25.9 Å². The van der Waals surface area contributed by atoms with Crippen LogP contribution < -0.4 is 5.32 Å². The third kappa shape index (κ3) is 2.46. The van der Waals surface area contributed by atoms with Gasteiger partial charge >= 0.3 is 0 Å². The number of hydrogen-bond donors (Lipinski definition) is 1. The topological polar surface area (TPSA) is 15.3 Å². The Balaban J connectivity index is 2.35. The second-order valence-electron chi connectivity index (χ2n) is 3.89. The molecule has 1 rings (SSSR count). The highest BCUT2D eigenvalue weighted by atomic mass is 15.1. The van der Waals surface area contributed by atoms with Crippen LogP contribution in [0.15, 0.2) is 0 Å². The molecule has 0 bridgehead atoms. The van der Waals surface area contributed by atoms with Gasteiger partial charge in [-0.3, -0.25) is 0 Å². The highest BCUT2D eigenvalue weighted by molar-refractivity contribution is 4.87. The minimum atomic E-state index is 0.418. The van der Waals surface area contributed by atoms with Crippen LogP contribution in [0, 0.1) is 0 Å². The molecule has 0 spiro atoms. The Morgan fingerprint density at radius 1 is 1.36 bits per heavy atom. The predicted molar refractivity (Wildman–Crippen MR) is 48.8 cm³/mol. The van der Waals surface area contributed by atoms with E-state index >= 15 is 0 Å². The van der Waals surface area contributed by atoms with Crippen molar-refractivity contribution in [3.63, 3.8) is 0 Å². The SMILES string of the molecule is CCNC1(C)CCN(C)CC1. The standard InChI is InChI=1S/C9H20N2/c1-4-10-9(2)5-7-11(3)8-6-9/h10H,4-8H2,1-3H3. The van der Waals surface area contributed by atoms with Crippen molar-refractivity contribution in [3.05, 3.63) is 0 Å². The molecular weight excluding hydrogens is 136 g/mol. The van der Waals surface area contributed by atoms with E-state index in [0.29, 0.717) is 5.54 Å². The van der Waals surface area contributed by atoms with E-state index in [-0.39, 0.29) is 0 Å². The van der Waals surface area contributed by atoms with Crippen LogP contribution in [0.4, 0.5) is 0 Å². The van der Waals surface area contributed by atoms with Gasteiger partial charge in [0.05, 0.1) is 0 Å². The minimum absolute atomic E-state index is 0.418. The third-order valence-corrected chi connectivity index (χ3v) is 2.69. The zero-order valence-corrected chi connectivity index (χ0v) is 7.98. The van der Waals surface area contributed by atoms with Crippen LogP contribution in [0.2, 0.25) is 0 Å². The van der Waals surface area contributed by atoms with Gasteiger partial charge < -0.3 is 10.2 Å². The van der Waals surface area contributed by atoms with Crippen LogP contribution in [0.3, 0.4) is 0 Å². The molecule has 0 atom stereocenters. The second kappa shape index (κ2) is 3.55. The summed E-state index contributed by atoms with van der Waals surface area (Å²) in [6.07, 6.45) is 2.58. The van der Waals surface area contributed by atoms with Gasteiger partial charge in [-0.2, -0.15) is 0 Å². The van der Waals surface area contributed by atoms with E-state index in [1.807, 2.05) is 0 Å². The summed E-state index contributed by atoms with van der Waals surface area (Å²) in [5, 5.41) is 3.55. The van der Waals surface area contributed by atoms with Crippen molar-refractivity contribution >= 4 is 0 Å². The fourth-order valence-electron chi connectivity index (χ4n) is 1.72. The van der Waals surface area contributed by atoms with Crippen LogP contribution in [0.1, 0.15) is 26.7 Å². The molecule has 0 unspecified atom stereocenters. The summed E-state index contributed by atoms with van der Waals surface area (Å²) >= 11 is 0. The Morgan fingerprint density at radius 2 is 1.91 bits per heavy atom. The lowest BCUT2D eigenvalue weighted by molar-refractivity contribution is 0.173. The van der Waals surface area contributed by atoms with Crippen LogP contribution in [0.25, 0.3) is 0 Å². The molecule has 1 saturated heterocycles. The van der Waals surface area contributed by atoms with Crippen molar-refractivity contribution in [1.29, 1.82) is 0 Å². The Kier molecular flexibility index (Phi) is 2.90. The number of likely N-dealkylation sites (tertiary alicyclic amines) is 1. The summed E-state index contributed by atoms with van der Waals surface area (Å²) in [7, 11) is 2.20. The van der Waals surface area contributed by atoms with Crippen LogP contribution in [0.5, 0.6) is 0 Å². The Hall–Kier alpha value is -0.0800. The summed E-state index contributed by atoms with van der Waals surface area (Å²) in [4.78, 5) is 2.40. The van der Waals surface area contributed by atoms with Gasteiger partial charge in [0.2, 0.25) is 0 Å². The first-order valence-corrected chi connectivity index (χ1v) is 4.60. The summed E-state index contributed by atoms with van der Waals surface area (Å²) in [5.41, 5.74) is 0.418. The summed E-state index contributed by atoms with van der Waals surface area (Å²) < 4.78 is 0. The lowest BCUT2D eigenvalue weighted by Crippen LogP contribution is -2.50. The number of nitrogens with zero attached hydrogens (tertiary/aromatic N) is 1. The number of piperidine rings is 1. The van der Waals surface area contributed by atoms with E-state index in [9.17, 15) is 0 Å². The maximum atomic E-state index is 3.55. The van der Waals surface area contributed by atoms with Gasteiger partial charge in [0.25, 0.3) is 0 Å². The first-order valence-electron chi connectivity index (χ1n) is 4.60. The fourth-order valence-corrected chi connectivity index (χ4v) is 1.72. The fraction of sp³-hybridized carbons (Fsp3) is 1.00. The van der Waals surface area contributed by atoms with Gasteiger partial charge in [-0.05, 0) is 46.4 Å². The average Bonchev–Trinajstić information content (AvgIpc) is 1.97. The lowest BCUT2D eigenvalue weighted by Gasteiger charge is -2.38. The van der Waals surface area contributed by atoms with Gasteiger partial charge in [0, 0.05) is 5.54 Å². The molecular formula is C9H20N2. The lowest BCUT2D eigenvalue weighted by atomic mass is 9.90. The van der Waals surface area contributed by atoms with Crippen LogP contribution in [-0.2, 0) is 0 Å². The van der Waals surface area contributed by atoms with Crippen molar-refractivity contribution in [3.8, 4) is 0 Å². The quantitative estimate of drug-likeness (QED) is 0.643. The first-order chi connectivity index (χ1) is 5.16. The molecule has 1 N–H and O–H groups in total. The van der Waals surface area contributed by atoms with Crippen LogP contribution >= 0.6 is 0 Å².